The van der Waals surface area contributed by atoms with Gasteiger partial charge in [-0.05, 0) is 123 Å². The van der Waals surface area contributed by atoms with E-state index in [1.165, 1.54) is 65.4 Å². The number of aryl methyl sites for hydroxylation is 1. The van der Waals surface area contributed by atoms with Gasteiger partial charge in [0.2, 0.25) is 0 Å². The minimum atomic E-state index is 0.435. The fraction of sp³-hybridized carbons (Fsp3) is 0.483. The van der Waals surface area contributed by atoms with E-state index in [1.54, 1.807) is 16.9 Å². The molecule has 0 amide bonds. The van der Waals surface area contributed by atoms with Crippen LogP contribution in [0.4, 0.5) is 0 Å². The summed E-state index contributed by atoms with van der Waals surface area (Å²) in [5.41, 5.74) is 12.9. The first kappa shape index (κ1) is 20.2. The molecule has 4 aliphatic rings. The summed E-state index contributed by atoms with van der Waals surface area (Å²) < 4.78 is 1.26. The van der Waals surface area contributed by atoms with Crippen LogP contribution in [0.1, 0.15) is 62.5 Å². The number of hydrogen-bond donors (Lipinski definition) is 2. The van der Waals surface area contributed by atoms with Gasteiger partial charge < -0.3 is 10.7 Å². The molecule has 0 radical (unpaired) electrons. The topological polar surface area (TPSA) is 54.7 Å². The van der Waals surface area contributed by atoms with Crippen molar-refractivity contribution < 1.29 is 0 Å². The maximum Gasteiger partial charge on any atom is 0.141 e. The fourth-order valence-electron chi connectivity index (χ4n) is 7.91. The molecule has 3 nitrogen and oxygen atoms in total. The molecular weight excluding hydrogens is 422 g/mol. The molecule has 3 N–H and O–H groups in total. The average Bonchev–Trinajstić information content (AvgIpc) is 3.39. The third kappa shape index (κ3) is 3.29. The normalized spacial score (nSPS) is 28.3. The van der Waals surface area contributed by atoms with Gasteiger partial charge in [-0.3, -0.25) is 0 Å². The highest BCUT2D eigenvalue weighted by atomic mass is 32.1. The standard InChI is InChI=1S/C29H33N3S/c30-10-4-3-5-22-23-14-21(29-15-18-11-19(16-29)13-20(12-18)17-29)8-9-24(23)31-27(22)28-32-25-6-1-2-7-26(25)33-28/h1-2,6-9,14,18-20,31H,3-5,10-13,15-17,30H2. The van der Waals surface area contributed by atoms with Crippen LogP contribution < -0.4 is 5.73 Å². The molecule has 0 unspecified atom stereocenters. The van der Waals surface area contributed by atoms with Crippen LogP contribution in [0.5, 0.6) is 0 Å². The summed E-state index contributed by atoms with van der Waals surface area (Å²) in [4.78, 5) is 8.79. The lowest BCUT2D eigenvalue weighted by atomic mass is 9.48. The van der Waals surface area contributed by atoms with Gasteiger partial charge in [0, 0.05) is 10.9 Å². The number of fused-ring (bicyclic) bond motifs is 2. The van der Waals surface area contributed by atoms with Crippen molar-refractivity contribution >= 4 is 32.5 Å². The van der Waals surface area contributed by atoms with Gasteiger partial charge in [0.05, 0.1) is 15.9 Å². The first-order valence-electron chi connectivity index (χ1n) is 12.9. The van der Waals surface area contributed by atoms with Crippen LogP contribution in [0.15, 0.2) is 42.5 Å². The summed E-state index contributed by atoms with van der Waals surface area (Å²) in [5.74, 6) is 2.92. The molecule has 2 aromatic heterocycles. The second-order valence-corrected chi connectivity index (χ2v) is 12.2. The summed E-state index contributed by atoms with van der Waals surface area (Å²) in [6.07, 6.45) is 12.0. The van der Waals surface area contributed by atoms with Crippen LogP contribution >= 0.6 is 11.3 Å². The quantitative estimate of drug-likeness (QED) is 0.302. The second-order valence-electron chi connectivity index (χ2n) is 11.2. The largest absolute Gasteiger partial charge is 0.352 e. The molecule has 4 fully saturated rings. The lowest BCUT2D eigenvalue weighted by molar-refractivity contribution is -0.00513. The second kappa shape index (κ2) is 7.68. The van der Waals surface area contributed by atoms with Gasteiger partial charge >= 0.3 is 0 Å². The highest BCUT2D eigenvalue weighted by molar-refractivity contribution is 7.21. The monoisotopic (exact) mass is 455 g/mol. The predicted octanol–water partition coefficient (Wildman–Crippen LogP) is 7.19. The zero-order valence-corrected chi connectivity index (χ0v) is 20.1. The van der Waals surface area contributed by atoms with E-state index in [-0.39, 0.29) is 0 Å². The summed E-state index contributed by atoms with van der Waals surface area (Å²) >= 11 is 1.80. The van der Waals surface area contributed by atoms with Crippen LogP contribution in [-0.4, -0.2) is 16.5 Å². The molecule has 0 aliphatic heterocycles. The van der Waals surface area contributed by atoms with Crippen molar-refractivity contribution in [2.75, 3.05) is 6.54 Å². The maximum absolute atomic E-state index is 5.86. The Morgan fingerprint density at radius 3 is 2.45 bits per heavy atom. The van der Waals surface area contributed by atoms with Gasteiger partial charge in [0.15, 0.2) is 0 Å². The third-order valence-electron chi connectivity index (χ3n) is 8.95. The number of aromatic nitrogens is 2. The van der Waals surface area contributed by atoms with Crippen molar-refractivity contribution in [2.45, 2.75) is 63.2 Å². The van der Waals surface area contributed by atoms with E-state index in [2.05, 4.69) is 47.4 Å². The number of benzene rings is 2. The van der Waals surface area contributed by atoms with Crippen molar-refractivity contribution in [2.24, 2.45) is 23.5 Å². The van der Waals surface area contributed by atoms with Crippen molar-refractivity contribution in [3.05, 3.63) is 53.6 Å². The number of rotatable bonds is 6. The zero-order chi connectivity index (χ0) is 22.0. The van der Waals surface area contributed by atoms with E-state index in [9.17, 15) is 0 Å². The van der Waals surface area contributed by atoms with Gasteiger partial charge in [0.25, 0.3) is 0 Å². The molecule has 0 atom stereocenters. The maximum atomic E-state index is 5.86. The number of H-pyrrole nitrogens is 1. The van der Waals surface area contributed by atoms with E-state index in [1.807, 2.05) is 0 Å². The Hall–Kier alpha value is -2.17. The molecule has 33 heavy (non-hydrogen) atoms. The Kier molecular flexibility index (Phi) is 4.70. The van der Waals surface area contributed by atoms with Gasteiger partial charge in [-0.15, -0.1) is 11.3 Å². The highest BCUT2D eigenvalue weighted by Gasteiger charge is 2.51. The molecule has 4 saturated carbocycles. The van der Waals surface area contributed by atoms with Crippen LogP contribution in [0, 0.1) is 17.8 Å². The van der Waals surface area contributed by atoms with Gasteiger partial charge in [-0.2, -0.15) is 0 Å². The van der Waals surface area contributed by atoms with Gasteiger partial charge in [-0.1, -0.05) is 18.2 Å². The molecule has 4 heteroatoms. The van der Waals surface area contributed by atoms with Crippen LogP contribution in [0.2, 0.25) is 0 Å². The Balaban J connectivity index is 1.35. The minimum Gasteiger partial charge on any atom is -0.352 e. The molecule has 0 saturated heterocycles. The van der Waals surface area contributed by atoms with Crippen molar-refractivity contribution in [3.8, 4) is 10.7 Å². The molecule has 0 spiro atoms. The van der Waals surface area contributed by atoms with E-state index in [0.29, 0.717) is 5.41 Å². The SMILES string of the molecule is NCCCCc1c(-c2nc3ccccc3s2)[nH]c2ccc(C34CC5CC(CC(C5)C3)C4)cc12. The zero-order valence-electron chi connectivity index (χ0n) is 19.3. The first-order valence-corrected chi connectivity index (χ1v) is 13.7. The number of para-hydroxylation sites is 1. The third-order valence-corrected chi connectivity index (χ3v) is 10.00. The summed E-state index contributed by atoms with van der Waals surface area (Å²) in [6.45, 7) is 0.761. The van der Waals surface area contributed by atoms with E-state index >= 15 is 0 Å². The minimum absolute atomic E-state index is 0.435. The number of thiazole rings is 1. The number of nitrogens with two attached hydrogens (primary N) is 1. The lowest BCUT2D eigenvalue weighted by Gasteiger charge is -2.57. The number of nitrogens with zero attached hydrogens (tertiary/aromatic N) is 1. The first-order chi connectivity index (χ1) is 16.2. The van der Waals surface area contributed by atoms with Crippen LogP contribution in [0.25, 0.3) is 31.8 Å². The molecule has 4 aromatic rings. The van der Waals surface area contributed by atoms with Crippen LogP contribution in [-0.2, 0) is 11.8 Å². The summed E-state index contributed by atoms with van der Waals surface area (Å²) in [6, 6.07) is 15.9. The summed E-state index contributed by atoms with van der Waals surface area (Å²) in [5, 5.41) is 2.54. The molecule has 170 valence electrons. The van der Waals surface area contributed by atoms with Crippen molar-refractivity contribution in [3.63, 3.8) is 0 Å². The fourth-order valence-corrected chi connectivity index (χ4v) is 8.90. The molecular formula is C29H33N3S. The van der Waals surface area contributed by atoms with E-state index in [0.717, 1.165) is 54.1 Å². The van der Waals surface area contributed by atoms with Crippen molar-refractivity contribution in [1.82, 2.24) is 9.97 Å². The number of aromatic amines is 1. The van der Waals surface area contributed by atoms with E-state index in [4.69, 9.17) is 10.7 Å². The predicted molar refractivity (Wildman–Crippen MR) is 139 cm³/mol. The lowest BCUT2D eigenvalue weighted by Crippen LogP contribution is -2.48. The van der Waals surface area contributed by atoms with E-state index < -0.39 is 0 Å². The number of unbranched alkanes of at least 4 members (excludes halogenated alkanes) is 1. The molecule has 4 aliphatic carbocycles. The molecule has 8 rings (SSSR count). The Labute approximate surface area is 199 Å². The summed E-state index contributed by atoms with van der Waals surface area (Å²) in [7, 11) is 0. The Bertz CT molecular complexity index is 1260. The molecule has 4 bridgehead atoms. The Morgan fingerprint density at radius 1 is 0.970 bits per heavy atom. The molecule has 2 aromatic carbocycles. The Morgan fingerprint density at radius 2 is 1.73 bits per heavy atom. The van der Waals surface area contributed by atoms with Gasteiger partial charge in [0.1, 0.15) is 5.01 Å². The van der Waals surface area contributed by atoms with Crippen LogP contribution in [0.3, 0.4) is 0 Å². The molecule has 2 heterocycles. The number of nitrogens with one attached hydrogen (secondary N) is 1. The van der Waals surface area contributed by atoms with Gasteiger partial charge in [-0.25, -0.2) is 4.98 Å². The number of hydrogen-bond acceptors (Lipinski definition) is 3. The smallest absolute Gasteiger partial charge is 0.141 e. The highest BCUT2D eigenvalue weighted by Crippen LogP contribution is 2.61. The van der Waals surface area contributed by atoms with Crippen molar-refractivity contribution in [1.29, 1.82) is 0 Å². The average molecular weight is 456 g/mol.